The fraction of sp³-hybridized carbons (Fsp3) is 0.467. The minimum atomic E-state index is 0.0662. The van der Waals surface area contributed by atoms with Crippen molar-refractivity contribution in [2.45, 2.75) is 26.3 Å². The van der Waals surface area contributed by atoms with Gasteiger partial charge in [-0.15, -0.1) is 0 Å². The van der Waals surface area contributed by atoms with Gasteiger partial charge in [-0.05, 0) is 20.8 Å². The lowest BCUT2D eigenvalue weighted by Gasteiger charge is -2.37. The van der Waals surface area contributed by atoms with Gasteiger partial charge in [-0.1, -0.05) is 35.0 Å². The highest BCUT2D eigenvalue weighted by Crippen LogP contribution is 2.22. The van der Waals surface area contributed by atoms with E-state index in [1.54, 1.807) is 0 Å². The molecular formula is C15H20N4O. The van der Waals surface area contributed by atoms with E-state index in [1.165, 1.54) is 5.56 Å². The van der Waals surface area contributed by atoms with Crippen LogP contribution in [0.3, 0.4) is 0 Å². The zero-order valence-electron chi connectivity index (χ0n) is 12.2. The third kappa shape index (κ3) is 2.67. The molecule has 20 heavy (non-hydrogen) atoms. The van der Waals surface area contributed by atoms with Gasteiger partial charge in [0.25, 0.3) is 0 Å². The van der Waals surface area contributed by atoms with Gasteiger partial charge in [0.1, 0.15) is 0 Å². The number of piperazine rings is 1. The monoisotopic (exact) mass is 272 g/mol. The van der Waals surface area contributed by atoms with Gasteiger partial charge in [0.2, 0.25) is 5.82 Å². The second kappa shape index (κ2) is 4.90. The summed E-state index contributed by atoms with van der Waals surface area (Å²) in [5, 5.41) is 7.56. The van der Waals surface area contributed by atoms with Gasteiger partial charge in [-0.2, -0.15) is 4.98 Å². The van der Waals surface area contributed by atoms with E-state index in [2.05, 4.69) is 53.3 Å². The Kier molecular flexibility index (Phi) is 3.22. The number of hydrogen-bond donors (Lipinski definition) is 1. The number of anilines is 1. The van der Waals surface area contributed by atoms with Crippen molar-refractivity contribution >= 4 is 6.01 Å². The lowest BCUT2D eigenvalue weighted by atomic mass is 10.0. The van der Waals surface area contributed by atoms with Crippen LogP contribution in [-0.2, 0) is 0 Å². The first-order valence-electron chi connectivity index (χ1n) is 6.94. The molecule has 5 heteroatoms. The molecule has 1 aliphatic rings. The fourth-order valence-electron chi connectivity index (χ4n) is 2.47. The van der Waals surface area contributed by atoms with Crippen LogP contribution in [0.25, 0.3) is 11.4 Å². The summed E-state index contributed by atoms with van der Waals surface area (Å²) in [5.41, 5.74) is 2.28. The molecule has 0 unspecified atom stereocenters. The maximum absolute atomic E-state index is 5.42. The van der Waals surface area contributed by atoms with Crippen LogP contribution in [0.4, 0.5) is 6.01 Å². The summed E-state index contributed by atoms with van der Waals surface area (Å²) in [5.74, 6) is 0.649. The second-order valence-corrected chi connectivity index (χ2v) is 6.00. The summed E-state index contributed by atoms with van der Waals surface area (Å²) in [6.45, 7) is 9.10. The van der Waals surface area contributed by atoms with Crippen LogP contribution >= 0.6 is 0 Å². The zero-order valence-corrected chi connectivity index (χ0v) is 12.2. The topological polar surface area (TPSA) is 54.2 Å². The lowest BCUT2D eigenvalue weighted by molar-refractivity contribution is 0.327. The van der Waals surface area contributed by atoms with E-state index in [-0.39, 0.29) is 5.54 Å². The van der Waals surface area contributed by atoms with E-state index in [4.69, 9.17) is 4.52 Å². The Labute approximate surface area is 119 Å². The molecule has 3 rings (SSSR count). The van der Waals surface area contributed by atoms with Crippen LogP contribution in [0.1, 0.15) is 19.4 Å². The van der Waals surface area contributed by atoms with E-state index in [0.29, 0.717) is 11.8 Å². The Morgan fingerprint density at radius 1 is 1.25 bits per heavy atom. The maximum Gasteiger partial charge on any atom is 0.324 e. The molecule has 2 heterocycles. The van der Waals surface area contributed by atoms with Crippen LogP contribution in [0.5, 0.6) is 0 Å². The van der Waals surface area contributed by atoms with Crippen molar-refractivity contribution in [2.24, 2.45) is 0 Å². The second-order valence-electron chi connectivity index (χ2n) is 6.00. The SMILES string of the molecule is Cc1ccc(-c2noc(N3CCNC(C)(C)C3)n2)cc1. The number of rotatable bonds is 2. The van der Waals surface area contributed by atoms with Crippen molar-refractivity contribution < 1.29 is 4.52 Å². The third-order valence-corrected chi connectivity index (χ3v) is 3.57. The number of nitrogens with one attached hydrogen (secondary N) is 1. The van der Waals surface area contributed by atoms with E-state index in [1.807, 2.05) is 12.1 Å². The molecule has 1 N–H and O–H groups in total. The first kappa shape index (κ1) is 13.1. The predicted molar refractivity (Wildman–Crippen MR) is 78.8 cm³/mol. The van der Waals surface area contributed by atoms with Gasteiger partial charge in [0, 0.05) is 30.7 Å². The van der Waals surface area contributed by atoms with E-state index >= 15 is 0 Å². The molecule has 0 bridgehead atoms. The van der Waals surface area contributed by atoms with Gasteiger partial charge >= 0.3 is 6.01 Å². The van der Waals surface area contributed by atoms with Gasteiger partial charge in [-0.25, -0.2) is 0 Å². The van der Waals surface area contributed by atoms with Crippen molar-refractivity contribution in [3.63, 3.8) is 0 Å². The number of nitrogens with zero attached hydrogens (tertiary/aromatic N) is 3. The van der Waals surface area contributed by atoms with E-state index in [0.717, 1.165) is 25.2 Å². The van der Waals surface area contributed by atoms with E-state index in [9.17, 15) is 0 Å². The van der Waals surface area contributed by atoms with Crippen molar-refractivity contribution in [1.29, 1.82) is 0 Å². The van der Waals surface area contributed by atoms with Crippen molar-refractivity contribution in [3.8, 4) is 11.4 Å². The molecule has 1 aliphatic heterocycles. The third-order valence-electron chi connectivity index (χ3n) is 3.57. The van der Waals surface area contributed by atoms with Crippen molar-refractivity contribution in [3.05, 3.63) is 29.8 Å². The standard InChI is InChI=1S/C15H20N4O/c1-11-4-6-12(7-5-11)13-17-14(20-18-13)19-9-8-16-15(2,3)10-19/h4-7,16H,8-10H2,1-3H3. The highest BCUT2D eigenvalue weighted by atomic mass is 16.5. The van der Waals surface area contributed by atoms with Crippen molar-refractivity contribution in [1.82, 2.24) is 15.5 Å². The Hall–Kier alpha value is -1.88. The number of aryl methyl sites for hydroxylation is 1. The van der Waals surface area contributed by atoms with Gasteiger partial charge in [-0.3, -0.25) is 0 Å². The summed E-state index contributed by atoms with van der Waals surface area (Å²) in [6, 6.07) is 8.76. The predicted octanol–water partition coefficient (Wildman–Crippen LogP) is 2.23. The first-order valence-corrected chi connectivity index (χ1v) is 6.94. The summed E-state index contributed by atoms with van der Waals surface area (Å²) < 4.78 is 5.42. The molecule has 1 aromatic heterocycles. The molecule has 0 aliphatic carbocycles. The molecule has 1 aromatic carbocycles. The molecule has 0 spiro atoms. The minimum absolute atomic E-state index is 0.0662. The quantitative estimate of drug-likeness (QED) is 0.908. The average molecular weight is 272 g/mol. The molecule has 2 aromatic rings. The summed E-state index contributed by atoms with van der Waals surface area (Å²) in [4.78, 5) is 6.66. The molecule has 0 amide bonds. The Morgan fingerprint density at radius 3 is 2.70 bits per heavy atom. The first-order chi connectivity index (χ1) is 9.53. The molecule has 1 fully saturated rings. The number of benzene rings is 1. The zero-order chi connectivity index (χ0) is 14.2. The average Bonchev–Trinajstić information content (AvgIpc) is 2.88. The van der Waals surface area contributed by atoms with Crippen LogP contribution in [0, 0.1) is 6.92 Å². The molecule has 0 radical (unpaired) electrons. The molecule has 106 valence electrons. The molecular weight excluding hydrogens is 252 g/mol. The molecule has 0 atom stereocenters. The molecule has 1 saturated heterocycles. The summed E-state index contributed by atoms with van der Waals surface area (Å²) in [7, 11) is 0. The normalized spacial score (nSPS) is 18.2. The van der Waals surface area contributed by atoms with Crippen LogP contribution in [-0.4, -0.2) is 35.3 Å². The number of aromatic nitrogens is 2. The van der Waals surface area contributed by atoms with Crippen LogP contribution in [0.2, 0.25) is 0 Å². The molecule has 0 saturated carbocycles. The number of hydrogen-bond acceptors (Lipinski definition) is 5. The Bertz CT molecular complexity index is 588. The highest BCUT2D eigenvalue weighted by Gasteiger charge is 2.28. The summed E-state index contributed by atoms with van der Waals surface area (Å²) >= 11 is 0. The summed E-state index contributed by atoms with van der Waals surface area (Å²) in [6.07, 6.45) is 0. The Morgan fingerprint density at radius 2 is 2.00 bits per heavy atom. The van der Waals surface area contributed by atoms with E-state index < -0.39 is 0 Å². The highest BCUT2D eigenvalue weighted by molar-refractivity contribution is 5.56. The smallest absolute Gasteiger partial charge is 0.321 e. The largest absolute Gasteiger partial charge is 0.324 e. The van der Waals surface area contributed by atoms with Crippen LogP contribution in [0.15, 0.2) is 28.8 Å². The maximum atomic E-state index is 5.42. The van der Waals surface area contributed by atoms with Gasteiger partial charge < -0.3 is 14.7 Å². The fourth-order valence-corrected chi connectivity index (χ4v) is 2.47. The molecule has 5 nitrogen and oxygen atoms in total. The van der Waals surface area contributed by atoms with Gasteiger partial charge in [0.15, 0.2) is 0 Å². The van der Waals surface area contributed by atoms with Crippen LogP contribution < -0.4 is 10.2 Å². The lowest BCUT2D eigenvalue weighted by Crippen LogP contribution is -2.57. The van der Waals surface area contributed by atoms with Gasteiger partial charge in [0.05, 0.1) is 0 Å². The Balaban J connectivity index is 1.81. The van der Waals surface area contributed by atoms with Crippen molar-refractivity contribution in [2.75, 3.05) is 24.5 Å². The minimum Gasteiger partial charge on any atom is -0.321 e.